The van der Waals surface area contributed by atoms with E-state index in [2.05, 4.69) is 10.3 Å². The van der Waals surface area contributed by atoms with Crippen LogP contribution < -0.4 is 5.32 Å². The number of hydrogen-bond donors (Lipinski definition) is 1. The highest BCUT2D eigenvalue weighted by Gasteiger charge is 2.19. The van der Waals surface area contributed by atoms with Crippen LogP contribution in [0.15, 0.2) is 24.4 Å². The van der Waals surface area contributed by atoms with Crippen LogP contribution in [0.5, 0.6) is 0 Å². The first-order chi connectivity index (χ1) is 8.25. The molecule has 0 spiro atoms. The lowest BCUT2D eigenvalue weighted by atomic mass is 10.0. The predicted molar refractivity (Wildman–Crippen MR) is 67.4 cm³/mol. The van der Waals surface area contributed by atoms with Crippen molar-refractivity contribution in [3.05, 3.63) is 30.1 Å². The van der Waals surface area contributed by atoms with Gasteiger partial charge in [-0.15, -0.1) is 0 Å². The third kappa shape index (κ3) is 3.55. The highest BCUT2D eigenvalue weighted by Crippen LogP contribution is 2.27. The molecule has 2 rings (SSSR count). The molecule has 0 aromatic carbocycles. The second kappa shape index (κ2) is 5.80. The molecule has 0 radical (unpaired) electrons. The molecule has 1 unspecified atom stereocenters. The lowest BCUT2D eigenvalue weighted by molar-refractivity contribution is -0.122. The summed E-state index contributed by atoms with van der Waals surface area (Å²) in [5, 5.41) is 3.02. The van der Waals surface area contributed by atoms with Crippen LogP contribution in [-0.2, 0) is 4.79 Å². The largest absolute Gasteiger partial charge is 0.348 e. The van der Waals surface area contributed by atoms with E-state index in [0.717, 1.165) is 5.69 Å². The number of amides is 1. The van der Waals surface area contributed by atoms with Crippen molar-refractivity contribution in [2.24, 2.45) is 5.92 Å². The van der Waals surface area contributed by atoms with Crippen LogP contribution in [0.1, 0.15) is 50.8 Å². The van der Waals surface area contributed by atoms with Gasteiger partial charge in [-0.3, -0.25) is 9.78 Å². The second-order valence-electron chi connectivity index (χ2n) is 4.90. The molecule has 1 aliphatic rings. The van der Waals surface area contributed by atoms with Crippen LogP contribution >= 0.6 is 0 Å². The minimum absolute atomic E-state index is 0.00473. The highest BCUT2D eigenvalue weighted by molar-refractivity contribution is 5.76. The zero-order chi connectivity index (χ0) is 12.1. The lowest BCUT2D eigenvalue weighted by Crippen LogP contribution is -2.28. The summed E-state index contributed by atoms with van der Waals surface area (Å²) in [5.74, 6) is 0.765. The second-order valence-corrected chi connectivity index (χ2v) is 4.90. The maximum Gasteiger partial charge on any atom is 0.220 e. The van der Waals surface area contributed by atoms with E-state index in [1.165, 1.54) is 25.7 Å². The quantitative estimate of drug-likeness (QED) is 0.867. The topological polar surface area (TPSA) is 42.0 Å². The van der Waals surface area contributed by atoms with Crippen molar-refractivity contribution >= 4 is 5.91 Å². The molecule has 0 bridgehead atoms. The van der Waals surface area contributed by atoms with Crippen molar-refractivity contribution in [3.8, 4) is 0 Å². The average Bonchev–Trinajstić information content (AvgIpc) is 2.82. The molecule has 1 aromatic rings. The number of aromatic nitrogens is 1. The SMILES string of the molecule is CC(NC(=O)CC1CCCC1)c1ccccn1. The molecule has 1 aliphatic carbocycles. The molecular weight excluding hydrogens is 212 g/mol. The fourth-order valence-electron chi connectivity index (χ4n) is 2.48. The van der Waals surface area contributed by atoms with Gasteiger partial charge in [0.25, 0.3) is 0 Å². The molecule has 1 aromatic heterocycles. The van der Waals surface area contributed by atoms with Gasteiger partial charge in [0.2, 0.25) is 5.91 Å². The smallest absolute Gasteiger partial charge is 0.220 e. The van der Waals surface area contributed by atoms with Gasteiger partial charge in [0.05, 0.1) is 11.7 Å². The number of carbonyl (C=O) groups excluding carboxylic acids is 1. The standard InChI is InChI=1S/C14H20N2O/c1-11(13-8-4-5-9-15-13)16-14(17)10-12-6-2-3-7-12/h4-5,8-9,11-12H,2-3,6-7,10H2,1H3,(H,16,17). The van der Waals surface area contributed by atoms with Crippen LogP contribution in [0.4, 0.5) is 0 Å². The summed E-state index contributed by atoms with van der Waals surface area (Å²) in [4.78, 5) is 16.1. The summed E-state index contributed by atoms with van der Waals surface area (Å²) in [6, 6.07) is 5.78. The van der Waals surface area contributed by atoms with E-state index in [9.17, 15) is 4.79 Å². The van der Waals surface area contributed by atoms with E-state index >= 15 is 0 Å². The van der Waals surface area contributed by atoms with Gasteiger partial charge < -0.3 is 5.32 Å². The Hall–Kier alpha value is -1.38. The average molecular weight is 232 g/mol. The molecule has 0 aliphatic heterocycles. The molecule has 3 nitrogen and oxygen atoms in total. The Morgan fingerprint density at radius 3 is 2.88 bits per heavy atom. The van der Waals surface area contributed by atoms with Gasteiger partial charge in [-0.2, -0.15) is 0 Å². The maximum absolute atomic E-state index is 11.8. The summed E-state index contributed by atoms with van der Waals surface area (Å²) in [7, 11) is 0. The summed E-state index contributed by atoms with van der Waals surface area (Å²) in [6.45, 7) is 1.98. The summed E-state index contributed by atoms with van der Waals surface area (Å²) in [6.07, 6.45) is 7.43. The van der Waals surface area contributed by atoms with Crippen LogP contribution in [-0.4, -0.2) is 10.9 Å². The molecule has 1 fully saturated rings. The first kappa shape index (κ1) is 12.1. The first-order valence-corrected chi connectivity index (χ1v) is 6.46. The van der Waals surface area contributed by atoms with Crippen LogP contribution in [0.2, 0.25) is 0 Å². The van der Waals surface area contributed by atoms with Crippen molar-refractivity contribution < 1.29 is 4.79 Å². The zero-order valence-electron chi connectivity index (χ0n) is 10.4. The number of pyridine rings is 1. The van der Waals surface area contributed by atoms with Crippen molar-refractivity contribution in [2.45, 2.75) is 45.1 Å². The molecule has 1 N–H and O–H groups in total. The third-order valence-electron chi connectivity index (χ3n) is 3.46. The fourth-order valence-corrected chi connectivity index (χ4v) is 2.48. The van der Waals surface area contributed by atoms with Gasteiger partial charge in [-0.05, 0) is 37.8 Å². The van der Waals surface area contributed by atoms with E-state index < -0.39 is 0 Å². The van der Waals surface area contributed by atoms with Crippen LogP contribution in [0.25, 0.3) is 0 Å². The highest BCUT2D eigenvalue weighted by atomic mass is 16.1. The number of rotatable bonds is 4. The van der Waals surface area contributed by atoms with E-state index in [1.54, 1.807) is 6.20 Å². The molecule has 1 saturated carbocycles. The van der Waals surface area contributed by atoms with Crippen molar-refractivity contribution in [1.29, 1.82) is 0 Å². The van der Waals surface area contributed by atoms with Gasteiger partial charge in [0, 0.05) is 12.6 Å². The summed E-state index contributed by atoms with van der Waals surface area (Å²) in [5.41, 5.74) is 0.923. The van der Waals surface area contributed by atoms with Gasteiger partial charge in [0.1, 0.15) is 0 Å². The third-order valence-corrected chi connectivity index (χ3v) is 3.46. The Morgan fingerprint density at radius 2 is 2.24 bits per heavy atom. The van der Waals surface area contributed by atoms with Gasteiger partial charge in [0.15, 0.2) is 0 Å². The minimum atomic E-state index is 0.00473. The van der Waals surface area contributed by atoms with Gasteiger partial charge in [-0.1, -0.05) is 18.9 Å². The fraction of sp³-hybridized carbons (Fsp3) is 0.571. The minimum Gasteiger partial charge on any atom is -0.348 e. The molecule has 1 amide bonds. The van der Waals surface area contributed by atoms with E-state index in [1.807, 2.05) is 25.1 Å². The summed E-state index contributed by atoms with van der Waals surface area (Å²) < 4.78 is 0. The van der Waals surface area contributed by atoms with Gasteiger partial charge >= 0.3 is 0 Å². The van der Waals surface area contributed by atoms with E-state index in [4.69, 9.17) is 0 Å². The Morgan fingerprint density at radius 1 is 1.47 bits per heavy atom. The number of hydrogen-bond acceptors (Lipinski definition) is 2. The Labute approximate surface area is 103 Å². The maximum atomic E-state index is 11.8. The monoisotopic (exact) mass is 232 g/mol. The molecule has 17 heavy (non-hydrogen) atoms. The van der Waals surface area contributed by atoms with Crippen molar-refractivity contribution in [3.63, 3.8) is 0 Å². The Kier molecular flexibility index (Phi) is 4.13. The van der Waals surface area contributed by atoms with Crippen molar-refractivity contribution in [1.82, 2.24) is 10.3 Å². The lowest BCUT2D eigenvalue weighted by Gasteiger charge is -2.15. The number of carbonyl (C=O) groups is 1. The summed E-state index contributed by atoms with van der Waals surface area (Å²) >= 11 is 0. The molecule has 1 heterocycles. The van der Waals surface area contributed by atoms with E-state index in [-0.39, 0.29) is 11.9 Å². The number of nitrogens with zero attached hydrogens (tertiary/aromatic N) is 1. The van der Waals surface area contributed by atoms with Crippen LogP contribution in [0, 0.1) is 5.92 Å². The van der Waals surface area contributed by atoms with Crippen molar-refractivity contribution in [2.75, 3.05) is 0 Å². The predicted octanol–water partition coefficient (Wildman–Crippen LogP) is 2.84. The number of nitrogens with one attached hydrogen (secondary N) is 1. The Bertz CT molecular complexity index is 358. The molecule has 0 saturated heterocycles. The first-order valence-electron chi connectivity index (χ1n) is 6.46. The molecule has 1 atom stereocenters. The Balaban J connectivity index is 1.81. The van der Waals surface area contributed by atoms with E-state index in [0.29, 0.717) is 12.3 Å². The van der Waals surface area contributed by atoms with Gasteiger partial charge in [-0.25, -0.2) is 0 Å². The van der Waals surface area contributed by atoms with Crippen LogP contribution in [0.3, 0.4) is 0 Å². The molecule has 92 valence electrons. The zero-order valence-corrected chi connectivity index (χ0v) is 10.4. The molecule has 3 heteroatoms. The normalized spacial score (nSPS) is 17.9. The molecular formula is C14H20N2O.